The molecule has 108 valence electrons. The van der Waals surface area contributed by atoms with E-state index in [4.69, 9.17) is 0 Å². The van der Waals surface area contributed by atoms with Crippen LogP contribution in [-0.2, 0) is 29.6 Å². The van der Waals surface area contributed by atoms with Gasteiger partial charge in [0, 0.05) is 29.2 Å². The zero-order valence-electron chi connectivity index (χ0n) is 11.0. The Morgan fingerprint density at radius 1 is 1.55 bits per heavy atom. The highest BCUT2D eigenvalue weighted by Gasteiger charge is 2.33. The molecule has 0 amide bonds. The molecular weight excluding hydrogens is 298 g/mol. The Bertz CT molecular complexity index is 733. The molecular formula is C12H15N3O3S2. The topological polar surface area (TPSA) is 86.3 Å². The molecule has 8 heteroatoms. The monoisotopic (exact) mass is 313 g/mol. The number of aromatic nitrogens is 2. The molecule has 6 nitrogen and oxygen atoms in total. The molecule has 3 heterocycles. The minimum absolute atomic E-state index is 0.0591. The van der Waals surface area contributed by atoms with Gasteiger partial charge < -0.3 is 5.11 Å². The first-order valence-electron chi connectivity index (χ1n) is 6.24. The predicted octanol–water partition coefficient (Wildman–Crippen LogP) is 1.02. The smallest absolute Gasteiger partial charge is 0.263 e. The fourth-order valence-electron chi connectivity index (χ4n) is 2.38. The van der Waals surface area contributed by atoms with Crippen LogP contribution in [0.5, 0.6) is 0 Å². The van der Waals surface area contributed by atoms with Crippen LogP contribution in [0.15, 0.2) is 16.5 Å². The van der Waals surface area contributed by atoms with E-state index in [-0.39, 0.29) is 11.6 Å². The van der Waals surface area contributed by atoms with Crippen LogP contribution >= 0.6 is 11.3 Å². The van der Waals surface area contributed by atoms with Gasteiger partial charge in [-0.2, -0.15) is 9.40 Å². The van der Waals surface area contributed by atoms with E-state index in [9.17, 15) is 13.5 Å². The zero-order valence-corrected chi connectivity index (χ0v) is 12.6. The minimum Gasteiger partial charge on any atom is -0.392 e. The van der Waals surface area contributed by atoms with E-state index in [0.717, 1.165) is 12.0 Å². The molecule has 0 atom stereocenters. The van der Waals surface area contributed by atoms with Crippen molar-refractivity contribution in [2.24, 2.45) is 0 Å². The largest absolute Gasteiger partial charge is 0.392 e. The van der Waals surface area contributed by atoms with Crippen LogP contribution in [0.25, 0.3) is 0 Å². The molecule has 0 saturated carbocycles. The van der Waals surface area contributed by atoms with Crippen molar-refractivity contribution < 1.29 is 13.5 Å². The van der Waals surface area contributed by atoms with E-state index in [2.05, 4.69) is 10.2 Å². The minimum atomic E-state index is -3.67. The van der Waals surface area contributed by atoms with E-state index >= 15 is 0 Å². The summed E-state index contributed by atoms with van der Waals surface area (Å²) in [7, 11) is -3.67. The number of aliphatic hydroxyl groups is 1. The van der Waals surface area contributed by atoms with Crippen molar-refractivity contribution in [3.63, 3.8) is 0 Å². The maximum atomic E-state index is 12.6. The highest BCUT2D eigenvalue weighted by molar-refractivity contribution is 7.89. The maximum Gasteiger partial charge on any atom is 0.263 e. The molecule has 0 spiro atoms. The van der Waals surface area contributed by atoms with Gasteiger partial charge in [-0.05, 0) is 30.4 Å². The Kier molecular flexibility index (Phi) is 3.41. The van der Waals surface area contributed by atoms with Crippen LogP contribution in [-0.4, -0.2) is 34.6 Å². The molecule has 2 N–H and O–H groups in total. The molecule has 3 rings (SSSR count). The quantitative estimate of drug-likeness (QED) is 0.886. The molecule has 20 heavy (non-hydrogen) atoms. The molecule has 1 aliphatic heterocycles. The molecule has 0 fully saturated rings. The van der Waals surface area contributed by atoms with Crippen molar-refractivity contribution in [3.8, 4) is 0 Å². The van der Waals surface area contributed by atoms with Gasteiger partial charge in [0.05, 0.1) is 6.61 Å². The number of nitrogens with one attached hydrogen (secondary N) is 1. The summed E-state index contributed by atoms with van der Waals surface area (Å²) in [5.74, 6) is 0. The molecule has 0 unspecified atom stereocenters. The first kappa shape index (κ1) is 13.7. The number of aromatic amines is 1. The van der Waals surface area contributed by atoms with Crippen LogP contribution in [0, 0.1) is 6.92 Å². The summed E-state index contributed by atoms with van der Waals surface area (Å²) in [6, 6.07) is 1.96. The first-order chi connectivity index (χ1) is 9.54. The molecule has 0 saturated heterocycles. The number of hydrogen-bond acceptors (Lipinski definition) is 5. The second kappa shape index (κ2) is 4.96. The molecule has 0 aromatic carbocycles. The van der Waals surface area contributed by atoms with Gasteiger partial charge in [-0.3, -0.25) is 5.10 Å². The van der Waals surface area contributed by atoms with Gasteiger partial charge in [0.15, 0.2) is 5.03 Å². The Hall–Kier alpha value is -1.22. The fraction of sp³-hybridized carbons (Fsp3) is 0.417. The molecule has 0 radical (unpaired) electrons. The van der Waals surface area contributed by atoms with E-state index < -0.39 is 10.0 Å². The first-order valence-corrected chi connectivity index (χ1v) is 8.56. The number of nitrogens with zero attached hydrogens (tertiary/aromatic N) is 2. The van der Waals surface area contributed by atoms with Crippen LogP contribution in [0.3, 0.4) is 0 Å². The number of aliphatic hydroxyl groups excluding tert-OH is 1. The summed E-state index contributed by atoms with van der Waals surface area (Å²) < 4.78 is 26.7. The van der Waals surface area contributed by atoms with Crippen molar-refractivity contribution in [2.75, 3.05) is 6.54 Å². The van der Waals surface area contributed by atoms with Crippen LogP contribution < -0.4 is 0 Å². The summed E-state index contributed by atoms with van der Waals surface area (Å²) in [5, 5.41) is 17.8. The Balaban J connectivity index is 1.97. The standard InChI is InChI=1S/C12H15N3O3S2/c1-8-10(7-16)12(14-13-8)20(17,18)15-4-2-11-9(6-15)3-5-19-11/h3,5,16H,2,4,6-7H2,1H3,(H,13,14). The summed E-state index contributed by atoms with van der Waals surface area (Å²) in [6.07, 6.45) is 0.726. The lowest BCUT2D eigenvalue weighted by Gasteiger charge is -2.25. The summed E-state index contributed by atoms with van der Waals surface area (Å²) in [5.41, 5.74) is 1.99. The molecule has 1 aliphatic rings. The third kappa shape index (κ3) is 2.08. The molecule has 0 bridgehead atoms. The third-order valence-electron chi connectivity index (χ3n) is 3.55. The van der Waals surface area contributed by atoms with Gasteiger partial charge in [-0.1, -0.05) is 0 Å². The van der Waals surface area contributed by atoms with Crippen LogP contribution in [0.4, 0.5) is 0 Å². The van der Waals surface area contributed by atoms with Gasteiger partial charge in [-0.15, -0.1) is 11.3 Å². The van der Waals surface area contributed by atoms with E-state index in [1.807, 2.05) is 11.4 Å². The van der Waals surface area contributed by atoms with Crippen molar-refractivity contribution >= 4 is 21.4 Å². The number of aryl methyl sites for hydroxylation is 1. The number of H-pyrrole nitrogens is 1. The second-order valence-electron chi connectivity index (χ2n) is 4.75. The second-order valence-corrected chi connectivity index (χ2v) is 7.60. The van der Waals surface area contributed by atoms with Crippen LogP contribution in [0.1, 0.15) is 21.7 Å². The zero-order chi connectivity index (χ0) is 14.3. The lowest BCUT2D eigenvalue weighted by atomic mass is 10.1. The lowest BCUT2D eigenvalue weighted by Crippen LogP contribution is -2.36. The SMILES string of the molecule is Cc1[nH]nc(S(=O)(=O)N2CCc3sccc3C2)c1CO. The van der Waals surface area contributed by atoms with Crippen molar-refractivity contribution in [3.05, 3.63) is 33.1 Å². The summed E-state index contributed by atoms with van der Waals surface area (Å²) in [6.45, 7) is 2.18. The van der Waals surface area contributed by atoms with Crippen LogP contribution in [0.2, 0.25) is 0 Å². The Morgan fingerprint density at radius 2 is 2.35 bits per heavy atom. The average molecular weight is 313 g/mol. The Morgan fingerprint density at radius 3 is 3.10 bits per heavy atom. The lowest BCUT2D eigenvalue weighted by molar-refractivity contribution is 0.277. The van der Waals surface area contributed by atoms with E-state index in [1.165, 1.54) is 9.18 Å². The highest BCUT2D eigenvalue weighted by atomic mass is 32.2. The van der Waals surface area contributed by atoms with Gasteiger partial charge in [-0.25, -0.2) is 8.42 Å². The fourth-order valence-corrected chi connectivity index (χ4v) is 4.84. The van der Waals surface area contributed by atoms with Gasteiger partial charge >= 0.3 is 0 Å². The Labute approximate surface area is 121 Å². The number of thiophene rings is 1. The maximum absolute atomic E-state index is 12.6. The van der Waals surface area contributed by atoms with E-state index in [1.54, 1.807) is 18.3 Å². The average Bonchev–Trinajstić information content (AvgIpc) is 3.03. The normalized spacial score (nSPS) is 16.3. The molecule has 0 aliphatic carbocycles. The van der Waals surface area contributed by atoms with Crippen molar-refractivity contribution in [1.82, 2.24) is 14.5 Å². The van der Waals surface area contributed by atoms with E-state index in [0.29, 0.717) is 24.3 Å². The number of fused-ring (bicyclic) bond motifs is 1. The van der Waals surface area contributed by atoms with Crippen molar-refractivity contribution in [1.29, 1.82) is 0 Å². The highest BCUT2D eigenvalue weighted by Crippen LogP contribution is 2.29. The summed E-state index contributed by atoms with van der Waals surface area (Å²) in [4.78, 5) is 1.25. The third-order valence-corrected chi connectivity index (χ3v) is 6.39. The van der Waals surface area contributed by atoms with Gasteiger partial charge in [0.2, 0.25) is 0 Å². The number of rotatable bonds is 3. The van der Waals surface area contributed by atoms with Crippen molar-refractivity contribution in [2.45, 2.75) is 31.5 Å². The number of sulfonamides is 1. The van der Waals surface area contributed by atoms with Gasteiger partial charge in [0.1, 0.15) is 0 Å². The van der Waals surface area contributed by atoms with Gasteiger partial charge in [0.25, 0.3) is 10.0 Å². The summed E-state index contributed by atoms with van der Waals surface area (Å²) >= 11 is 1.66. The molecule has 2 aromatic rings. The molecule has 2 aromatic heterocycles. The number of hydrogen-bond donors (Lipinski definition) is 2. The predicted molar refractivity (Wildman–Crippen MR) is 74.9 cm³/mol.